The molecule has 12 heavy (non-hydrogen) atoms. The van der Waals surface area contributed by atoms with Crippen LogP contribution in [-0.4, -0.2) is 12.6 Å². The number of ether oxygens (including phenoxy) is 1. The second-order valence-electron chi connectivity index (χ2n) is 3.43. The van der Waals surface area contributed by atoms with E-state index in [2.05, 4.69) is 33.6 Å². The molecule has 0 saturated heterocycles. The van der Waals surface area contributed by atoms with Gasteiger partial charge in [0.1, 0.15) is 0 Å². The lowest BCUT2D eigenvalue weighted by Crippen LogP contribution is -2.11. The van der Waals surface area contributed by atoms with Crippen molar-refractivity contribution in [3.05, 3.63) is 0 Å². The van der Waals surface area contributed by atoms with Gasteiger partial charge in [0.05, 0.1) is 6.61 Å². The van der Waals surface area contributed by atoms with Crippen LogP contribution in [0.2, 0.25) is 0 Å². The summed E-state index contributed by atoms with van der Waals surface area (Å²) in [4.78, 5) is 13.2. The van der Waals surface area contributed by atoms with Crippen LogP contribution in [0.3, 0.4) is 0 Å². The summed E-state index contributed by atoms with van der Waals surface area (Å²) in [5.41, 5.74) is 0.104. The zero-order valence-electron chi connectivity index (χ0n) is 7.19. The van der Waals surface area contributed by atoms with Gasteiger partial charge in [-0.1, -0.05) is 12.8 Å². The molecule has 1 rings (SSSR count). The van der Waals surface area contributed by atoms with Crippen molar-refractivity contribution in [3.63, 3.8) is 0 Å². The molecule has 0 aromatic rings. The third kappa shape index (κ3) is 2.25. The zero-order chi connectivity index (χ0) is 9.19. The highest BCUT2D eigenvalue weighted by Crippen LogP contribution is 2.51. The van der Waals surface area contributed by atoms with E-state index in [0.717, 1.165) is 6.42 Å². The first-order valence-electron chi connectivity index (χ1n) is 3.83. The predicted molar refractivity (Wildman–Crippen MR) is 49.6 cm³/mol. The highest BCUT2D eigenvalue weighted by atomic mass is 79.9. The second-order valence-corrected chi connectivity index (χ2v) is 3.83. The van der Waals surface area contributed by atoms with Gasteiger partial charge in [-0.2, -0.15) is 0 Å². The van der Waals surface area contributed by atoms with Gasteiger partial charge in [0.15, 0.2) is 0 Å². The number of halogens is 1. The molecule has 2 atom stereocenters. The van der Waals surface area contributed by atoms with Gasteiger partial charge in [0, 0.05) is 34.2 Å². The molecule has 0 N–H and O–H groups in total. The Morgan fingerprint density at radius 1 is 1.83 bits per heavy atom. The van der Waals surface area contributed by atoms with Crippen LogP contribution < -0.4 is 0 Å². The van der Waals surface area contributed by atoms with Crippen LogP contribution in [0.15, 0.2) is 0 Å². The van der Waals surface area contributed by atoms with E-state index in [1.165, 1.54) is 6.92 Å². The number of carbonyl (C=O) groups is 1. The minimum Gasteiger partial charge on any atom is -0.465 e. The molecule has 2 nitrogen and oxygen atoms in total. The second kappa shape index (κ2) is 3.49. The summed E-state index contributed by atoms with van der Waals surface area (Å²) in [6, 6.07) is 0. The van der Waals surface area contributed by atoms with Gasteiger partial charge in [-0.05, 0) is 11.3 Å². The maximum absolute atomic E-state index is 10.5. The Morgan fingerprint density at radius 2 is 2.50 bits per heavy atom. The molecule has 3 heteroatoms. The first kappa shape index (κ1) is 9.60. The fraction of sp³-hybridized carbons (Fsp3) is 0.667. The van der Waals surface area contributed by atoms with E-state index in [0.29, 0.717) is 12.5 Å². The van der Waals surface area contributed by atoms with Crippen molar-refractivity contribution in [1.82, 2.24) is 0 Å². The van der Waals surface area contributed by atoms with Gasteiger partial charge >= 0.3 is 5.97 Å². The fourth-order valence-electron chi connectivity index (χ4n) is 1.12. The molecule has 0 spiro atoms. The van der Waals surface area contributed by atoms with E-state index in [1.807, 2.05) is 0 Å². The zero-order valence-corrected chi connectivity index (χ0v) is 8.77. The molecule has 0 aliphatic heterocycles. The van der Waals surface area contributed by atoms with Crippen LogP contribution >= 0.6 is 15.9 Å². The minimum absolute atomic E-state index is 0.104. The summed E-state index contributed by atoms with van der Waals surface area (Å²) < 4.78 is 4.92. The number of hydrogen-bond acceptors (Lipinski definition) is 2. The summed E-state index contributed by atoms with van der Waals surface area (Å²) in [5.74, 6) is 3.18. The summed E-state index contributed by atoms with van der Waals surface area (Å²) in [5, 5.41) is 0. The maximum Gasteiger partial charge on any atom is 0.302 e. The topological polar surface area (TPSA) is 26.3 Å². The van der Waals surface area contributed by atoms with Crippen LogP contribution in [0.25, 0.3) is 0 Å². The van der Waals surface area contributed by atoms with Crippen LogP contribution in [0, 0.1) is 22.1 Å². The highest BCUT2D eigenvalue weighted by molar-refractivity contribution is 9.12. The lowest BCUT2D eigenvalue weighted by molar-refractivity contribution is -0.142. The molecule has 66 valence electrons. The van der Waals surface area contributed by atoms with E-state index in [4.69, 9.17) is 4.74 Å². The summed E-state index contributed by atoms with van der Waals surface area (Å²) >= 11 is 3.05. The maximum atomic E-state index is 10.5. The molecule has 0 heterocycles. The van der Waals surface area contributed by atoms with E-state index >= 15 is 0 Å². The number of rotatable bonds is 2. The minimum atomic E-state index is -0.214. The van der Waals surface area contributed by atoms with Crippen LogP contribution in [-0.2, 0) is 9.53 Å². The normalized spacial score (nSPS) is 31.8. The summed E-state index contributed by atoms with van der Waals surface area (Å²) in [7, 11) is 0. The third-order valence-electron chi connectivity index (χ3n) is 2.19. The Bertz CT molecular complexity index is 251. The molecule has 0 radical (unpaired) electrons. The third-order valence-corrected chi connectivity index (χ3v) is 2.41. The fourth-order valence-corrected chi connectivity index (χ4v) is 1.40. The first-order valence-corrected chi connectivity index (χ1v) is 4.62. The van der Waals surface area contributed by atoms with Crippen LogP contribution in [0.5, 0.6) is 0 Å². The van der Waals surface area contributed by atoms with Gasteiger partial charge in [-0.25, -0.2) is 0 Å². The van der Waals surface area contributed by atoms with Crippen molar-refractivity contribution >= 4 is 21.9 Å². The highest BCUT2D eigenvalue weighted by Gasteiger charge is 2.50. The molecule has 0 aromatic carbocycles. The molecule has 1 aliphatic carbocycles. The monoisotopic (exact) mass is 230 g/mol. The quantitative estimate of drug-likeness (QED) is 0.536. The Hall–Kier alpha value is -0.490. The Kier molecular flexibility index (Phi) is 2.79. The molecule has 1 aliphatic rings. The molecule has 1 saturated carbocycles. The standard InChI is InChI=1S/C9H11BrO2/c1-7(11)12-6-9(2)5-8(9)3-4-10/h8H,5-6H2,1-2H3/t8-,9?/m1/s1. The van der Waals surface area contributed by atoms with Gasteiger partial charge < -0.3 is 4.74 Å². The van der Waals surface area contributed by atoms with E-state index in [9.17, 15) is 4.79 Å². The van der Waals surface area contributed by atoms with Crippen molar-refractivity contribution in [2.75, 3.05) is 6.61 Å². The predicted octanol–water partition coefficient (Wildman–Crippen LogP) is 1.93. The van der Waals surface area contributed by atoms with Crippen molar-refractivity contribution in [2.45, 2.75) is 20.3 Å². The lowest BCUT2D eigenvalue weighted by Gasteiger charge is -2.07. The number of esters is 1. The summed E-state index contributed by atoms with van der Waals surface area (Å²) in [6.07, 6.45) is 1.03. The summed E-state index contributed by atoms with van der Waals surface area (Å²) in [6.45, 7) is 4.00. The Balaban J connectivity index is 2.33. The van der Waals surface area contributed by atoms with E-state index in [-0.39, 0.29) is 11.4 Å². The average molecular weight is 231 g/mol. The number of carbonyl (C=O) groups excluding carboxylic acids is 1. The average Bonchev–Trinajstić information content (AvgIpc) is 2.60. The molecule has 0 aromatic heterocycles. The smallest absolute Gasteiger partial charge is 0.302 e. The molecule has 0 amide bonds. The van der Waals surface area contributed by atoms with Crippen LogP contribution in [0.4, 0.5) is 0 Å². The Morgan fingerprint density at radius 3 is 3.00 bits per heavy atom. The van der Waals surface area contributed by atoms with Crippen molar-refractivity contribution < 1.29 is 9.53 Å². The van der Waals surface area contributed by atoms with Crippen LogP contribution in [0.1, 0.15) is 20.3 Å². The van der Waals surface area contributed by atoms with Crippen molar-refractivity contribution in [1.29, 1.82) is 0 Å². The first-order chi connectivity index (χ1) is 5.58. The number of hydrogen-bond donors (Lipinski definition) is 0. The largest absolute Gasteiger partial charge is 0.465 e. The molecule has 1 fully saturated rings. The van der Waals surface area contributed by atoms with Gasteiger partial charge in [0.25, 0.3) is 0 Å². The SMILES string of the molecule is CC(=O)OCC1(C)C[C@H]1C#CBr. The van der Waals surface area contributed by atoms with Gasteiger partial charge in [-0.3, -0.25) is 4.79 Å². The molecule has 0 bridgehead atoms. The molecular formula is C9H11BrO2. The van der Waals surface area contributed by atoms with Crippen molar-refractivity contribution in [3.8, 4) is 10.8 Å². The lowest BCUT2D eigenvalue weighted by atomic mass is 10.1. The molecule has 1 unspecified atom stereocenters. The Labute approximate surface area is 80.8 Å². The van der Waals surface area contributed by atoms with Gasteiger partial charge in [-0.15, -0.1) is 0 Å². The van der Waals surface area contributed by atoms with Gasteiger partial charge in [0.2, 0.25) is 0 Å². The van der Waals surface area contributed by atoms with E-state index in [1.54, 1.807) is 0 Å². The molecular weight excluding hydrogens is 220 g/mol. The van der Waals surface area contributed by atoms with E-state index < -0.39 is 0 Å². The van der Waals surface area contributed by atoms with Crippen molar-refractivity contribution in [2.24, 2.45) is 11.3 Å².